The molecule has 0 aromatic carbocycles. The molecule has 2 aromatic heterocycles. The second kappa shape index (κ2) is 9.64. The fourth-order valence-corrected chi connectivity index (χ4v) is 5.53. The zero-order valence-electron chi connectivity index (χ0n) is 18.7. The van der Waals surface area contributed by atoms with Crippen LogP contribution in [0.1, 0.15) is 78.1 Å². The van der Waals surface area contributed by atoms with Gasteiger partial charge in [0.15, 0.2) is 5.69 Å². The Labute approximate surface area is 199 Å². The quantitative estimate of drug-likeness (QED) is 0.588. The first-order chi connectivity index (χ1) is 15.8. The maximum Gasteiger partial charge on any atom is 0.273 e. The van der Waals surface area contributed by atoms with Crippen LogP contribution in [0.5, 0.6) is 0 Å². The second-order valence-electron chi connectivity index (χ2n) is 8.20. The van der Waals surface area contributed by atoms with Crippen molar-refractivity contribution in [2.75, 3.05) is 5.75 Å². The number of carbonyl (C=O) groups excluding carboxylic acids is 3. The number of amides is 3. The van der Waals surface area contributed by atoms with Gasteiger partial charge in [0.1, 0.15) is 29.0 Å². The number of carbonyl (C=O) groups is 3. The van der Waals surface area contributed by atoms with E-state index in [0.29, 0.717) is 15.8 Å². The van der Waals surface area contributed by atoms with E-state index in [-0.39, 0.29) is 47.1 Å². The van der Waals surface area contributed by atoms with E-state index in [1.807, 2.05) is 20.8 Å². The van der Waals surface area contributed by atoms with Gasteiger partial charge in [0.25, 0.3) is 11.8 Å². The first-order valence-corrected chi connectivity index (χ1v) is 12.7. The number of thiazole rings is 1. The van der Waals surface area contributed by atoms with E-state index in [2.05, 4.69) is 30.9 Å². The minimum absolute atomic E-state index is 0.101. The summed E-state index contributed by atoms with van der Waals surface area (Å²) in [7, 11) is 0. The molecule has 12 heteroatoms. The number of oxazole rings is 1. The fraction of sp³-hybridized carbons (Fsp3) is 0.524. The molecule has 4 heterocycles. The highest BCUT2D eigenvalue weighted by Gasteiger charge is 2.32. The molecule has 0 spiro atoms. The van der Waals surface area contributed by atoms with Crippen molar-refractivity contribution < 1.29 is 18.8 Å². The van der Waals surface area contributed by atoms with Crippen LogP contribution in [0.25, 0.3) is 0 Å². The van der Waals surface area contributed by atoms with Crippen molar-refractivity contribution in [1.29, 1.82) is 0 Å². The Hall–Kier alpha value is -2.73. The SMILES string of the molecule is CCC(C)C1NC(=O)C2CSC(=N2)C(C)NC(=O)c2coc(n2)C(C)NC(=O)c2csc1n2. The molecule has 3 N–H and O–H groups in total. The highest BCUT2D eigenvalue weighted by molar-refractivity contribution is 8.14. The van der Waals surface area contributed by atoms with Crippen LogP contribution in [0.15, 0.2) is 21.1 Å². The zero-order chi connectivity index (χ0) is 23.7. The highest BCUT2D eigenvalue weighted by Crippen LogP contribution is 2.29. The van der Waals surface area contributed by atoms with Gasteiger partial charge in [-0.15, -0.1) is 23.1 Å². The van der Waals surface area contributed by atoms with E-state index in [0.717, 1.165) is 6.42 Å². The van der Waals surface area contributed by atoms with Gasteiger partial charge >= 0.3 is 0 Å². The molecule has 4 rings (SSSR count). The smallest absolute Gasteiger partial charge is 0.273 e. The number of rotatable bonds is 2. The molecule has 0 radical (unpaired) electrons. The maximum absolute atomic E-state index is 13.0. The lowest BCUT2D eigenvalue weighted by Gasteiger charge is -2.23. The van der Waals surface area contributed by atoms with Crippen LogP contribution in [-0.4, -0.2) is 50.6 Å². The van der Waals surface area contributed by atoms with Gasteiger partial charge in [-0.05, 0) is 19.8 Å². The zero-order valence-corrected chi connectivity index (χ0v) is 20.4. The number of thioether (sulfide) groups is 1. The lowest BCUT2D eigenvalue weighted by atomic mass is 9.99. The number of hydrogen-bond donors (Lipinski definition) is 3. The fourth-order valence-electron chi connectivity index (χ4n) is 3.49. The molecule has 5 atom stereocenters. The average Bonchev–Trinajstić information content (AvgIpc) is 3.55. The Balaban J connectivity index is 1.69. The minimum Gasteiger partial charge on any atom is -0.446 e. The average molecular weight is 491 g/mol. The summed E-state index contributed by atoms with van der Waals surface area (Å²) < 4.78 is 5.43. The largest absolute Gasteiger partial charge is 0.446 e. The number of aliphatic imine (C=N–C) groups is 1. The third-order valence-electron chi connectivity index (χ3n) is 5.70. The van der Waals surface area contributed by atoms with Gasteiger partial charge in [-0.25, -0.2) is 9.97 Å². The molecule has 0 saturated heterocycles. The van der Waals surface area contributed by atoms with Crippen LogP contribution in [-0.2, 0) is 4.79 Å². The monoisotopic (exact) mass is 490 g/mol. The van der Waals surface area contributed by atoms with Gasteiger partial charge in [0.05, 0.1) is 17.1 Å². The summed E-state index contributed by atoms with van der Waals surface area (Å²) in [6.45, 7) is 7.61. The molecule has 0 aliphatic carbocycles. The predicted octanol–water partition coefficient (Wildman–Crippen LogP) is 2.47. The Morgan fingerprint density at radius 1 is 1.09 bits per heavy atom. The molecule has 2 aliphatic heterocycles. The van der Waals surface area contributed by atoms with Gasteiger partial charge in [-0.2, -0.15) is 0 Å². The number of nitrogens with one attached hydrogen (secondary N) is 3. The van der Waals surface area contributed by atoms with Crippen molar-refractivity contribution in [2.24, 2.45) is 10.9 Å². The lowest BCUT2D eigenvalue weighted by molar-refractivity contribution is -0.122. The molecule has 3 amide bonds. The van der Waals surface area contributed by atoms with E-state index < -0.39 is 18.0 Å². The summed E-state index contributed by atoms with van der Waals surface area (Å²) in [6.07, 6.45) is 2.08. The van der Waals surface area contributed by atoms with Crippen molar-refractivity contribution in [3.05, 3.63) is 33.9 Å². The molecule has 0 fully saturated rings. The Morgan fingerprint density at radius 3 is 2.58 bits per heavy atom. The molecular formula is C21H26N6O4S2. The normalized spacial score (nSPS) is 27.0. The van der Waals surface area contributed by atoms with Crippen LogP contribution >= 0.6 is 23.1 Å². The summed E-state index contributed by atoms with van der Waals surface area (Å²) in [5.41, 5.74) is 0.352. The van der Waals surface area contributed by atoms with E-state index in [1.165, 1.54) is 29.4 Å². The first-order valence-electron chi connectivity index (χ1n) is 10.8. The van der Waals surface area contributed by atoms with Crippen LogP contribution in [0.2, 0.25) is 0 Å². The van der Waals surface area contributed by atoms with Gasteiger partial charge in [-0.3, -0.25) is 19.4 Å². The summed E-state index contributed by atoms with van der Waals surface area (Å²) in [5.74, 6) is -0.185. The molecule has 176 valence electrons. The standard InChI is InChI=1S/C21H26N6O4S2/c1-5-9(2)15-21-26-13(8-33-21)17(29)22-10(3)19-24-12(6-31-19)16(28)23-11(4)20-25-14(7-32-20)18(30)27-15/h6,8-11,14-15H,5,7H2,1-4H3,(H,22,29)(H,23,28)(H,27,30). The number of nitrogens with zero attached hydrogens (tertiary/aromatic N) is 3. The Kier molecular flexibility index (Phi) is 6.84. The molecule has 5 unspecified atom stereocenters. The molecule has 10 nitrogen and oxygen atoms in total. The minimum atomic E-state index is -0.568. The maximum atomic E-state index is 13.0. The first kappa shape index (κ1) is 23.4. The molecule has 33 heavy (non-hydrogen) atoms. The lowest BCUT2D eigenvalue weighted by Crippen LogP contribution is -2.39. The van der Waals surface area contributed by atoms with Crippen LogP contribution in [0.3, 0.4) is 0 Å². The number of fused-ring (bicyclic) bond motifs is 5. The van der Waals surface area contributed by atoms with Crippen molar-refractivity contribution in [3.8, 4) is 0 Å². The van der Waals surface area contributed by atoms with E-state index >= 15 is 0 Å². The van der Waals surface area contributed by atoms with Crippen molar-refractivity contribution in [3.63, 3.8) is 0 Å². The van der Waals surface area contributed by atoms with Gasteiger partial charge < -0.3 is 20.4 Å². The summed E-state index contributed by atoms with van der Waals surface area (Å²) >= 11 is 2.78. The van der Waals surface area contributed by atoms with Crippen LogP contribution in [0, 0.1) is 5.92 Å². The summed E-state index contributed by atoms with van der Waals surface area (Å²) in [5, 5.41) is 11.8. The topological polar surface area (TPSA) is 139 Å². The van der Waals surface area contributed by atoms with Gasteiger partial charge in [0.2, 0.25) is 11.8 Å². The number of aromatic nitrogens is 2. The van der Waals surface area contributed by atoms with Gasteiger partial charge in [-0.1, -0.05) is 20.3 Å². The van der Waals surface area contributed by atoms with Crippen LogP contribution < -0.4 is 16.0 Å². The molecule has 6 bridgehead atoms. The van der Waals surface area contributed by atoms with Crippen molar-refractivity contribution in [1.82, 2.24) is 25.9 Å². The summed E-state index contributed by atoms with van der Waals surface area (Å²) in [4.78, 5) is 51.7. The van der Waals surface area contributed by atoms with Gasteiger partial charge in [0, 0.05) is 11.1 Å². The molecule has 0 saturated carbocycles. The van der Waals surface area contributed by atoms with Crippen molar-refractivity contribution in [2.45, 2.75) is 58.3 Å². The number of hydrogen-bond acceptors (Lipinski definition) is 9. The van der Waals surface area contributed by atoms with E-state index in [1.54, 1.807) is 12.3 Å². The Morgan fingerprint density at radius 2 is 1.82 bits per heavy atom. The third-order valence-corrected chi connectivity index (χ3v) is 7.86. The van der Waals surface area contributed by atoms with E-state index in [9.17, 15) is 14.4 Å². The Bertz CT molecular complexity index is 1100. The van der Waals surface area contributed by atoms with Crippen molar-refractivity contribution >= 4 is 45.9 Å². The highest BCUT2D eigenvalue weighted by atomic mass is 32.2. The third kappa shape index (κ3) is 4.96. The predicted molar refractivity (Wildman–Crippen MR) is 125 cm³/mol. The molecule has 2 aromatic rings. The summed E-state index contributed by atoms with van der Waals surface area (Å²) in [6, 6.07) is -1.84. The molecule has 2 aliphatic rings. The van der Waals surface area contributed by atoms with E-state index in [4.69, 9.17) is 4.42 Å². The second-order valence-corrected chi connectivity index (χ2v) is 10.1. The molecular weight excluding hydrogens is 464 g/mol. The van der Waals surface area contributed by atoms with Crippen LogP contribution in [0.4, 0.5) is 0 Å².